The third-order valence-electron chi connectivity index (χ3n) is 3.47. The summed E-state index contributed by atoms with van der Waals surface area (Å²) in [5.41, 5.74) is 1.08. The molecule has 134 valence electrons. The van der Waals surface area contributed by atoms with Crippen molar-refractivity contribution in [2.45, 2.75) is 13.2 Å². The van der Waals surface area contributed by atoms with Gasteiger partial charge in [0, 0.05) is 24.4 Å². The van der Waals surface area contributed by atoms with Gasteiger partial charge in [-0.1, -0.05) is 12.1 Å². The monoisotopic (exact) mass is 359 g/mol. The molecule has 0 saturated heterocycles. The van der Waals surface area contributed by atoms with Gasteiger partial charge >= 0.3 is 0 Å². The van der Waals surface area contributed by atoms with Crippen molar-refractivity contribution >= 4 is 6.29 Å². The van der Waals surface area contributed by atoms with E-state index < -0.39 is 18.1 Å². The van der Waals surface area contributed by atoms with E-state index in [1.807, 2.05) is 0 Å². The van der Waals surface area contributed by atoms with Crippen LogP contribution in [0.3, 0.4) is 0 Å². The Morgan fingerprint density at radius 3 is 2.69 bits per heavy atom. The van der Waals surface area contributed by atoms with Crippen LogP contribution in [0.5, 0.6) is 5.88 Å². The van der Waals surface area contributed by atoms with E-state index in [0.717, 1.165) is 0 Å². The third-order valence-corrected chi connectivity index (χ3v) is 3.47. The fourth-order valence-corrected chi connectivity index (χ4v) is 2.34. The summed E-state index contributed by atoms with van der Waals surface area (Å²) >= 11 is 0. The van der Waals surface area contributed by atoms with Crippen molar-refractivity contribution in [2.24, 2.45) is 0 Å². The zero-order valence-electron chi connectivity index (χ0n) is 13.8. The first-order chi connectivity index (χ1) is 12.6. The van der Waals surface area contributed by atoms with E-state index >= 15 is 0 Å². The van der Waals surface area contributed by atoms with Gasteiger partial charge in [-0.3, -0.25) is 4.79 Å². The lowest BCUT2D eigenvalue weighted by molar-refractivity contribution is -0.136. The van der Waals surface area contributed by atoms with Crippen LogP contribution >= 0.6 is 0 Å². The number of rotatable bonds is 7. The standard InChI is InChI=1S/C18H15F2N3O3/c1-2-25-18(11-24)26-17-9-15(12-7-8-16(20)21-10-12)23(22-17)14-6-4-3-5-13(14)19/h3-11,18H,2H2,1H3. The summed E-state index contributed by atoms with van der Waals surface area (Å²) in [6.45, 7) is 1.99. The fourth-order valence-electron chi connectivity index (χ4n) is 2.34. The van der Waals surface area contributed by atoms with E-state index in [-0.39, 0.29) is 18.2 Å². The van der Waals surface area contributed by atoms with Crippen LogP contribution in [0.4, 0.5) is 8.78 Å². The molecule has 2 heterocycles. The molecular formula is C18H15F2N3O3. The van der Waals surface area contributed by atoms with Crippen LogP contribution in [0.25, 0.3) is 16.9 Å². The van der Waals surface area contributed by atoms with Crippen molar-refractivity contribution in [3.63, 3.8) is 0 Å². The number of halogens is 2. The molecule has 0 radical (unpaired) electrons. The summed E-state index contributed by atoms with van der Waals surface area (Å²) in [7, 11) is 0. The molecule has 0 spiro atoms. The van der Waals surface area contributed by atoms with Crippen molar-refractivity contribution < 1.29 is 23.0 Å². The van der Waals surface area contributed by atoms with E-state index in [0.29, 0.717) is 17.5 Å². The highest BCUT2D eigenvalue weighted by molar-refractivity contribution is 5.63. The maximum absolute atomic E-state index is 14.2. The maximum atomic E-state index is 14.2. The first-order valence-corrected chi connectivity index (χ1v) is 7.82. The number of carbonyl (C=O) groups excluding carboxylic acids is 1. The molecule has 0 N–H and O–H groups in total. The summed E-state index contributed by atoms with van der Waals surface area (Å²) in [6.07, 6.45) is 0.654. The van der Waals surface area contributed by atoms with Gasteiger partial charge in [0.25, 0.3) is 6.29 Å². The lowest BCUT2D eigenvalue weighted by atomic mass is 10.2. The predicted molar refractivity (Wildman–Crippen MR) is 88.8 cm³/mol. The number of para-hydroxylation sites is 1. The minimum Gasteiger partial charge on any atom is -0.439 e. The van der Waals surface area contributed by atoms with E-state index in [1.165, 1.54) is 41.2 Å². The second kappa shape index (κ2) is 7.83. The number of benzene rings is 1. The number of pyridine rings is 1. The third kappa shape index (κ3) is 3.75. The molecule has 0 amide bonds. The predicted octanol–water partition coefficient (Wildman–Crippen LogP) is 3.15. The molecule has 1 aromatic carbocycles. The topological polar surface area (TPSA) is 66.2 Å². The van der Waals surface area contributed by atoms with Gasteiger partial charge in [0.1, 0.15) is 11.5 Å². The molecular weight excluding hydrogens is 344 g/mol. The van der Waals surface area contributed by atoms with E-state index in [9.17, 15) is 13.6 Å². The molecule has 0 aliphatic carbocycles. The van der Waals surface area contributed by atoms with Crippen LogP contribution < -0.4 is 4.74 Å². The number of hydrogen-bond acceptors (Lipinski definition) is 5. The molecule has 1 unspecified atom stereocenters. The average molecular weight is 359 g/mol. The lowest BCUT2D eigenvalue weighted by Crippen LogP contribution is -2.22. The van der Waals surface area contributed by atoms with E-state index in [1.54, 1.807) is 19.1 Å². The minimum absolute atomic E-state index is 0.0538. The van der Waals surface area contributed by atoms with Crippen LogP contribution in [-0.4, -0.2) is 33.9 Å². The summed E-state index contributed by atoms with van der Waals surface area (Å²) in [5, 5.41) is 4.20. The number of aromatic nitrogens is 3. The van der Waals surface area contributed by atoms with Crippen LogP contribution in [0.1, 0.15) is 6.92 Å². The van der Waals surface area contributed by atoms with Crippen molar-refractivity contribution in [3.8, 4) is 22.8 Å². The Hall–Kier alpha value is -3.13. The largest absolute Gasteiger partial charge is 0.439 e. The second-order valence-electron chi connectivity index (χ2n) is 5.18. The lowest BCUT2D eigenvalue weighted by Gasteiger charge is -2.10. The number of hydrogen-bond donors (Lipinski definition) is 0. The van der Waals surface area contributed by atoms with Gasteiger partial charge in [-0.15, -0.1) is 5.10 Å². The Kier molecular flexibility index (Phi) is 5.33. The molecule has 3 aromatic rings. The summed E-state index contributed by atoms with van der Waals surface area (Å²) in [6, 6.07) is 10.2. The van der Waals surface area contributed by atoms with Gasteiger partial charge in [-0.05, 0) is 31.2 Å². The van der Waals surface area contributed by atoms with Crippen LogP contribution in [0, 0.1) is 11.8 Å². The van der Waals surface area contributed by atoms with Crippen LogP contribution in [-0.2, 0) is 9.53 Å². The normalized spacial score (nSPS) is 12.0. The van der Waals surface area contributed by atoms with Gasteiger partial charge in [0.2, 0.25) is 11.8 Å². The van der Waals surface area contributed by atoms with Gasteiger partial charge in [0.15, 0.2) is 6.29 Å². The zero-order chi connectivity index (χ0) is 18.5. The number of nitrogens with zero attached hydrogens (tertiary/aromatic N) is 3. The molecule has 2 aromatic heterocycles. The quantitative estimate of drug-likeness (QED) is 0.368. The van der Waals surface area contributed by atoms with Crippen molar-refractivity contribution in [1.82, 2.24) is 14.8 Å². The molecule has 26 heavy (non-hydrogen) atoms. The zero-order valence-corrected chi connectivity index (χ0v) is 13.8. The van der Waals surface area contributed by atoms with E-state index in [2.05, 4.69) is 10.1 Å². The van der Waals surface area contributed by atoms with Gasteiger partial charge in [-0.2, -0.15) is 4.39 Å². The first kappa shape index (κ1) is 17.7. The Bertz CT molecular complexity index is 897. The highest BCUT2D eigenvalue weighted by Crippen LogP contribution is 2.28. The van der Waals surface area contributed by atoms with Crippen molar-refractivity contribution in [3.05, 3.63) is 60.4 Å². The average Bonchev–Trinajstić information content (AvgIpc) is 3.06. The van der Waals surface area contributed by atoms with Crippen molar-refractivity contribution in [2.75, 3.05) is 6.61 Å². The first-order valence-electron chi connectivity index (χ1n) is 7.82. The van der Waals surface area contributed by atoms with Gasteiger partial charge in [0.05, 0.1) is 5.69 Å². The summed E-state index contributed by atoms with van der Waals surface area (Å²) in [5.74, 6) is -1.09. The fraction of sp³-hybridized carbons (Fsp3) is 0.167. The van der Waals surface area contributed by atoms with Gasteiger partial charge < -0.3 is 9.47 Å². The molecule has 1 atom stereocenters. The van der Waals surface area contributed by atoms with E-state index in [4.69, 9.17) is 9.47 Å². The highest BCUT2D eigenvalue weighted by atomic mass is 19.1. The SMILES string of the molecule is CCOC(C=O)Oc1cc(-c2ccc(F)nc2)n(-c2ccccc2F)n1. The smallest absolute Gasteiger partial charge is 0.258 e. The van der Waals surface area contributed by atoms with Crippen LogP contribution in [0.15, 0.2) is 48.7 Å². The molecule has 0 bridgehead atoms. The van der Waals surface area contributed by atoms with Crippen molar-refractivity contribution in [1.29, 1.82) is 0 Å². The Labute approximate surface area is 148 Å². The van der Waals surface area contributed by atoms with Gasteiger partial charge in [-0.25, -0.2) is 14.1 Å². The Morgan fingerprint density at radius 2 is 2.04 bits per heavy atom. The molecule has 6 nitrogen and oxygen atoms in total. The molecule has 0 aliphatic rings. The highest BCUT2D eigenvalue weighted by Gasteiger charge is 2.18. The summed E-state index contributed by atoms with van der Waals surface area (Å²) < 4.78 is 39.2. The molecule has 0 saturated carbocycles. The minimum atomic E-state index is -1.14. The molecule has 3 rings (SSSR count). The Balaban J connectivity index is 2.07. The number of carbonyl (C=O) groups is 1. The molecule has 0 fully saturated rings. The maximum Gasteiger partial charge on any atom is 0.258 e. The summed E-state index contributed by atoms with van der Waals surface area (Å²) in [4.78, 5) is 14.6. The second-order valence-corrected chi connectivity index (χ2v) is 5.18. The van der Waals surface area contributed by atoms with Crippen LogP contribution in [0.2, 0.25) is 0 Å². The molecule has 8 heteroatoms. The number of aldehydes is 1. The molecule has 0 aliphatic heterocycles. The Morgan fingerprint density at radius 1 is 1.23 bits per heavy atom. The number of ether oxygens (including phenoxy) is 2.